The van der Waals surface area contributed by atoms with Gasteiger partial charge in [-0.05, 0) is 19.6 Å². The summed E-state index contributed by atoms with van der Waals surface area (Å²) in [4.78, 5) is 4.15. The number of nitrogens with zero attached hydrogens (tertiary/aromatic N) is 2. The van der Waals surface area contributed by atoms with Crippen LogP contribution in [0.3, 0.4) is 0 Å². The number of nitrogens with one attached hydrogen (secondary N) is 1. The van der Waals surface area contributed by atoms with E-state index in [0.717, 1.165) is 25.3 Å². The highest BCUT2D eigenvalue weighted by molar-refractivity contribution is 7.98. The van der Waals surface area contributed by atoms with E-state index >= 15 is 0 Å². The summed E-state index contributed by atoms with van der Waals surface area (Å²) in [6.07, 6.45) is 6.85. The summed E-state index contributed by atoms with van der Waals surface area (Å²) in [5, 5.41) is 13.3. The number of rotatable bonds is 8. The highest BCUT2D eigenvalue weighted by atomic mass is 32.2. The zero-order chi connectivity index (χ0) is 12.7. The van der Waals surface area contributed by atoms with Crippen molar-refractivity contribution in [2.75, 3.05) is 18.6 Å². The van der Waals surface area contributed by atoms with Gasteiger partial charge < -0.3 is 15.0 Å². The molecule has 0 bridgehead atoms. The van der Waals surface area contributed by atoms with E-state index in [0.29, 0.717) is 6.54 Å². The Morgan fingerprint density at radius 3 is 3.00 bits per heavy atom. The Morgan fingerprint density at radius 2 is 2.35 bits per heavy atom. The summed E-state index contributed by atoms with van der Waals surface area (Å²) in [7, 11) is 0. The number of hydrogen-bond donors (Lipinski definition) is 2. The quantitative estimate of drug-likeness (QED) is 0.741. The molecule has 0 radical (unpaired) electrons. The van der Waals surface area contributed by atoms with Crippen LogP contribution >= 0.6 is 11.8 Å². The fourth-order valence-corrected chi connectivity index (χ4v) is 2.48. The topological polar surface area (TPSA) is 50.1 Å². The maximum atomic E-state index is 10.0. The van der Waals surface area contributed by atoms with E-state index in [4.69, 9.17) is 0 Å². The highest BCUT2D eigenvalue weighted by Gasteiger charge is 2.18. The summed E-state index contributed by atoms with van der Waals surface area (Å²) in [5.41, 5.74) is 0.529. The third-order valence-electron chi connectivity index (χ3n) is 2.53. The van der Waals surface area contributed by atoms with Gasteiger partial charge in [-0.15, -0.1) is 0 Å². The number of hydrogen-bond acceptors (Lipinski definition) is 4. The second-order valence-corrected chi connectivity index (χ2v) is 5.48. The van der Waals surface area contributed by atoms with Crippen molar-refractivity contribution < 1.29 is 5.11 Å². The van der Waals surface area contributed by atoms with E-state index in [1.165, 1.54) is 5.69 Å². The third-order valence-corrected chi connectivity index (χ3v) is 3.44. The molecule has 0 fully saturated rings. The van der Waals surface area contributed by atoms with Gasteiger partial charge in [0.05, 0.1) is 17.6 Å². The van der Waals surface area contributed by atoms with Crippen molar-refractivity contribution in [3.8, 4) is 0 Å². The van der Waals surface area contributed by atoms with Crippen LogP contribution < -0.4 is 5.32 Å². The smallest absolute Gasteiger partial charge is 0.0948 e. The molecule has 0 saturated heterocycles. The number of aliphatic hydroxyl groups is 1. The van der Waals surface area contributed by atoms with Gasteiger partial charge in [0.2, 0.25) is 0 Å². The minimum absolute atomic E-state index is 0.602. The van der Waals surface area contributed by atoms with E-state index in [9.17, 15) is 5.11 Å². The molecule has 1 unspecified atom stereocenters. The Kier molecular flexibility index (Phi) is 6.02. The lowest BCUT2D eigenvalue weighted by Crippen LogP contribution is -2.39. The predicted octanol–water partition coefficient (Wildman–Crippen LogP) is 1.50. The molecule has 5 heteroatoms. The van der Waals surface area contributed by atoms with Gasteiger partial charge >= 0.3 is 0 Å². The van der Waals surface area contributed by atoms with E-state index in [-0.39, 0.29) is 0 Å². The molecule has 1 atom stereocenters. The van der Waals surface area contributed by atoms with Crippen LogP contribution in [0, 0.1) is 0 Å². The molecule has 2 N–H and O–H groups in total. The zero-order valence-corrected chi connectivity index (χ0v) is 11.8. The zero-order valence-electron chi connectivity index (χ0n) is 10.9. The van der Waals surface area contributed by atoms with E-state index in [1.807, 2.05) is 25.7 Å². The first-order chi connectivity index (χ1) is 8.09. The molecule has 0 saturated carbocycles. The molecule has 0 aromatic carbocycles. The Labute approximate surface area is 108 Å². The SMILES string of the molecule is CCCn1cncc1CNCC(C)(O)CSC. The second-order valence-electron chi connectivity index (χ2n) is 4.61. The number of aryl methyl sites for hydroxylation is 1. The number of aromatic nitrogens is 2. The van der Waals surface area contributed by atoms with E-state index < -0.39 is 5.60 Å². The van der Waals surface area contributed by atoms with E-state index in [1.54, 1.807) is 11.8 Å². The first-order valence-electron chi connectivity index (χ1n) is 6.00. The van der Waals surface area contributed by atoms with Crippen molar-refractivity contribution in [2.45, 2.75) is 39.0 Å². The second kappa shape index (κ2) is 7.03. The lowest BCUT2D eigenvalue weighted by molar-refractivity contribution is 0.0844. The van der Waals surface area contributed by atoms with Crippen molar-refractivity contribution in [3.05, 3.63) is 18.2 Å². The monoisotopic (exact) mass is 257 g/mol. The molecule has 98 valence electrons. The Hall–Kier alpha value is -0.520. The summed E-state index contributed by atoms with van der Waals surface area (Å²) >= 11 is 1.66. The van der Waals surface area contributed by atoms with Gasteiger partial charge in [0.15, 0.2) is 0 Å². The molecule has 1 aromatic rings. The van der Waals surface area contributed by atoms with Gasteiger partial charge in [-0.1, -0.05) is 6.92 Å². The van der Waals surface area contributed by atoms with Gasteiger partial charge in [-0.3, -0.25) is 0 Å². The average Bonchev–Trinajstić information content (AvgIpc) is 2.66. The highest BCUT2D eigenvalue weighted by Crippen LogP contribution is 2.09. The molecule has 0 amide bonds. The molecule has 4 nitrogen and oxygen atoms in total. The number of thioether (sulfide) groups is 1. The van der Waals surface area contributed by atoms with Gasteiger partial charge in [-0.2, -0.15) is 11.8 Å². The maximum absolute atomic E-state index is 10.0. The molecule has 17 heavy (non-hydrogen) atoms. The van der Waals surface area contributed by atoms with Crippen molar-refractivity contribution in [1.29, 1.82) is 0 Å². The summed E-state index contributed by atoms with van der Waals surface area (Å²) in [6.45, 7) is 6.37. The molecule has 0 aliphatic carbocycles. The fraction of sp³-hybridized carbons (Fsp3) is 0.750. The lowest BCUT2D eigenvalue weighted by Gasteiger charge is -2.22. The van der Waals surface area contributed by atoms with Crippen LogP contribution in [0.2, 0.25) is 0 Å². The average molecular weight is 257 g/mol. The minimum Gasteiger partial charge on any atom is -0.388 e. The maximum Gasteiger partial charge on any atom is 0.0948 e. The fourth-order valence-electron chi connectivity index (χ4n) is 1.76. The first-order valence-corrected chi connectivity index (χ1v) is 7.39. The molecule has 0 spiro atoms. The van der Waals surface area contributed by atoms with Crippen molar-refractivity contribution in [2.24, 2.45) is 0 Å². The first kappa shape index (κ1) is 14.5. The predicted molar refractivity (Wildman–Crippen MR) is 73.2 cm³/mol. The van der Waals surface area contributed by atoms with Crippen molar-refractivity contribution in [3.63, 3.8) is 0 Å². The molecule has 1 aromatic heterocycles. The molecule has 0 aliphatic heterocycles. The molecule has 1 heterocycles. The normalized spacial score (nSPS) is 14.8. The Morgan fingerprint density at radius 1 is 1.59 bits per heavy atom. The van der Waals surface area contributed by atoms with Crippen molar-refractivity contribution in [1.82, 2.24) is 14.9 Å². The summed E-state index contributed by atoms with van der Waals surface area (Å²) in [5.74, 6) is 0.744. The number of imidazole rings is 1. The molecule has 0 aliphatic rings. The van der Waals surface area contributed by atoms with Gasteiger partial charge in [0.1, 0.15) is 0 Å². The molecular weight excluding hydrogens is 234 g/mol. The van der Waals surface area contributed by atoms with Gasteiger partial charge in [0.25, 0.3) is 0 Å². The lowest BCUT2D eigenvalue weighted by atomic mass is 10.1. The van der Waals surface area contributed by atoms with Crippen LogP contribution in [0.15, 0.2) is 12.5 Å². The third kappa shape index (κ3) is 5.10. The summed E-state index contributed by atoms with van der Waals surface area (Å²) in [6, 6.07) is 0. The molecular formula is C12H23N3OS. The van der Waals surface area contributed by atoms with Crippen LogP contribution in [0.5, 0.6) is 0 Å². The van der Waals surface area contributed by atoms with Crippen LogP contribution in [0.25, 0.3) is 0 Å². The van der Waals surface area contributed by atoms with Crippen LogP contribution in [-0.4, -0.2) is 38.8 Å². The van der Waals surface area contributed by atoms with Crippen LogP contribution in [0.1, 0.15) is 26.0 Å². The Bertz CT molecular complexity index is 325. The Balaban J connectivity index is 2.37. The van der Waals surface area contributed by atoms with E-state index in [2.05, 4.69) is 21.8 Å². The van der Waals surface area contributed by atoms with Gasteiger partial charge in [-0.25, -0.2) is 4.98 Å². The van der Waals surface area contributed by atoms with Crippen LogP contribution in [0.4, 0.5) is 0 Å². The molecule has 1 rings (SSSR count). The minimum atomic E-state index is -0.644. The largest absolute Gasteiger partial charge is 0.388 e. The van der Waals surface area contributed by atoms with Crippen molar-refractivity contribution >= 4 is 11.8 Å². The summed E-state index contributed by atoms with van der Waals surface area (Å²) < 4.78 is 2.15. The standard InChI is InChI=1S/C12H23N3OS/c1-4-5-15-10-14-7-11(15)6-13-8-12(2,16)9-17-3/h7,10,13,16H,4-6,8-9H2,1-3H3. The van der Waals surface area contributed by atoms with Crippen LogP contribution in [-0.2, 0) is 13.1 Å². The van der Waals surface area contributed by atoms with Gasteiger partial charge in [0, 0.05) is 31.6 Å².